The zero-order valence-corrected chi connectivity index (χ0v) is 10.5. The Hall–Kier alpha value is -2.56. The Labute approximate surface area is 114 Å². The highest BCUT2D eigenvalue weighted by molar-refractivity contribution is 6.14. The first-order valence-corrected chi connectivity index (χ1v) is 6.23. The van der Waals surface area contributed by atoms with Gasteiger partial charge in [0.15, 0.2) is 0 Å². The van der Waals surface area contributed by atoms with Crippen molar-refractivity contribution >= 4 is 11.4 Å². The van der Waals surface area contributed by atoms with Crippen molar-refractivity contribution < 1.29 is 9.31 Å². The average molecular weight is 270 g/mol. The maximum atomic E-state index is 13.4. The van der Waals surface area contributed by atoms with Crippen LogP contribution in [0.3, 0.4) is 0 Å². The second-order valence-electron chi connectivity index (χ2n) is 4.59. The predicted molar refractivity (Wildman–Crippen MR) is 73.7 cm³/mol. The highest BCUT2D eigenvalue weighted by atomic mass is 19.1. The molecule has 3 rings (SSSR count). The number of halogens is 1. The molecule has 2 aromatic rings. The number of aliphatic imine (C=N–C) groups is 1. The molecular weight excluding hydrogens is 259 g/mol. The lowest BCUT2D eigenvalue weighted by Gasteiger charge is -2.17. The van der Waals surface area contributed by atoms with Gasteiger partial charge in [-0.2, -0.15) is 0 Å². The summed E-state index contributed by atoms with van der Waals surface area (Å²) in [6.07, 6.45) is 0.784. The van der Waals surface area contributed by atoms with E-state index in [1.165, 1.54) is 24.3 Å². The summed E-state index contributed by atoms with van der Waals surface area (Å²) in [7, 11) is 0. The van der Waals surface area contributed by atoms with Gasteiger partial charge < -0.3 is 0 Å². The van der Waals surface area contributed by atoms with Gasteiger partial charge in [0.05, 0.1) is 10.6 Å². The minimum Gasteiger partial charge on any atom is -0.284 e. The first-order valence-electron chi connectivity index (χ1n) is 6.23. The van der Waals surface area contributed by atoms with Crippen LogP contribution in [0.15, 0.2) is 47.5 Å². The van der Waals surface area contributed by atoms with Crippen LogP contribution in [0.4, 0.5) is 10.1 Å². The molecule has 2 aromatic carbocycles. The van der Waals surface area contributed by atoms with Crippen molar-refractivity contribution in [3.05, 3.63) is 75.1 Å². The number of nitrogens with zero attached hydrogens (tertiary/aromatic N) is 2. The number of benzene rings is 2. The molecule has 0 saturated carbocycles. The molecule has 0 atom stereocenters. The van der Waals surface area contributed by atoms with Gasteiger partial charge in [-0.3, -0.25) is 15.1 Å². The Morgan fingerprint density at radius 3 is 2.60 bits per heavy atom. The van der Waals surface area contributed by atoms with E-state index < -0.39 is 4.92 Å². The Bertz CT molecular complexity index is 708. The van der Waals surface area contributed by atoms with E-state index in [-0.39, 0.29) is 11.5 Å². The van der Waals surface area contributed by atoms with Crippen molar-refractivity contribution in [3.8, 4) is 0 Å². The fourth-order valence-electron chi connectivity index (χ4n) is 2.35. The van der Waals surface area contributed by atoms with Crippen molar-refractivity contribution in [1.82, 2.24) is 0 Å². The van der Waals surface area contributed by atoms with Crippen LogP contribution in [-0.2, 0) is 6.42 Å². The minimum absolute atomic E-state index is 0.0321. The lowest BCUT2D eigenvalue weighted by molar-refractivity contribution is -0.384. The Balaban J connectivity index is 2.05. The molecule has 0 unspecified atom stereocenters. The monoisotopic (exact) mass is 270 g/mol. The Morgan fingerprint density at radius 1 is 1.15 bits per heavy atom. The van der Waals surface area contributed by atoms with Crippen molar-refractivity contribution in [2.45, 2.75) is 6.42 Å². The Morgan fingerprint density at radius 2 is 1.90 bits per heavy atom. The molecular formula is C15H11FN2O2. The number of non-ortho nitro benzene ring substituents is 1. The lowest BCUT2D eigenvalue weighted by Crippen LogP contribution is -2.14. The standard InChI is InChI=1S/C15H11FN2O2/c16-12-4-1-10-7-8-17-15(14(10)9-12)11-2-5-13(6-3-11)18(19)20/h1-6,9H,7-8H2. The number of nitro benzene ring substituents is 1. The number of hydrogen-bond acceptors (Lipinski definition) is 3. The summed E-state index contributed by atoms with van der Waals surface area (Å²) in [6.45, 7) is 0.644. The maximum absolute atomic E-state index is 13.4. The van der Waals surface area contributed by atoms with Crippen LogP contribution >= 0.6 is 0 Å². The smallest absolute Gasteiger partial charge is 0.269 e. The van der Waals surface area contributed by atoms with Gasteiger partial charge in [0.25, 0.3) is 5.69 Å². The molecule has 20 heavy (non-hydrogen) atoms. The van der Waals surface area contributed by atoms with E-state index in [9.17, 15) is 14.5 Å². The summed E-state index contributed by atoms with van der Waals surface area (Å²) in [4.78, 5) is 14.6. The number of fused-ring (bicyclic) bond motifs is 1. The molecule has 1 aliphatic rings. The molecule has 0 fully saturated rings. The first-order chi connectivity index (χ1) is 9.65. The van der Waals surface area contributed by atoms with E-state index in [0.29, 0.717) is 12.3 Å². The van der Waals surface area contributed by atoms with Crippen molar-refractivity contribution in [2.24, 2.45) is 4.99 Å². The van der Waals surface area contributed by atoms with Crippen molar-refractivity contribution in [3.63, 3.8) is 0 Å². The molecule has 4 nitrogen and oxygen atoms in total. The number of nitro groups is 1. The third kappa shape index (κ3) is 2.18. The van der Waals surface area contributed by atoms with Crippen molar-refractivity contribution in [2.75, 3.05) is 6.54 Å². The van der Waals surface area contributed by atoms with Crippen LogP contribution in [-0.4, -0.2) is 17.2 Å². The van der Waals surface area contributed by atoms with E-state index in [1.54, 1.807) is 18.2 Å². The lowest BCUT2D eigenvalue weighted by atomic mass is 9.93. The molecule has 0 saturated heterocycles. The summed E-state index contributed by atoms with van der Waals surface area (Å²) in [6, 6.07) is 10.8. The third-order valence-electron chi connectivity index (χ3n) is 3.33. The van der Waals surface area contributed by atoms with Crippen LogP contribution in [0.1, 0.15) is 16.7 Å². The largest absolute Gasteiger partial charge is 0.284 e. The van der Waals surface area contributed by atoms with Gasteiger partial charge in [0.2, 0.25) is 0 Å². The summed E-state index contributed by atoms with van der Waals surface area (Å²) in [5.74, 6) is -0.305. The van der Waals surface area contributed by atoms with Crippen LogP contribution in [0.5, 0.6) is 0 Å². The van der Waals surface area contributed by atoms with Crippen LogP contribution < -0.4 is 0 Å². The van der Waals surface area contributed by atoms with E-state index >= 15 is 0 Å². The molecule has 0 spiro atoms. The first kappa shape index (κ1) is 12.5. The van der Waals surface area contributed by atoms with E-state index in [2.05, 4.69) is 4.99 Å². The van der Waals surface area contributed by atoms with Crippen LogP contribution in [0.2, 0.25) is 0 Å². The summed E-state index contributed by atoms with van der Waals surface area (Å²) in [5, 5.41) is 10.7. The molecule has 0 amide bonds. The zero-order valence-electron chi connectivity index (χ0n) is 10.5. The normalized spacial score (nSPS) is 13.6. The summed E-state index contributed by atoms with van der Waals surface area (Å²) < 4.78 is 13.4. The zero-order chi connectivity index (χ0) is 14.1. The van der Waals surface area contributed by atoms with E-state index in [0.717, 1.165) is 23.1 Å². The number of rotatable bonds is 2. The highest BCUT2D eigenvalue weighted by Gasteiger charge is 2.17. The second-order valence-corrected chi connectivity index (χ2v) is 4.59. The third-order valence-corrected chi connectivity index (χ3v) is 3.33. The molecule has 1 aliphatic heterocycles. The van der Waals surface area contributed by atoms with Gasteiger partial charge in [0.1, 0.15) is 5.82 Å². The van der Waals surface area contributed by atoms with Gasteiger partial charge >= 0.3 is 0 Å². The summed E-state index contributed by atoms with van der Waals surface area (Å²) >= 11 is 0. The summed E-state index contributed by atoms with van der Waals surface area (Å²) in [5.41, 5.74) is 3.31. The molecule has 0 aromatic heterocycles. The highest BCUT2D eigenvalue weighted by Crippen LogP contribution is 2.23. The van der Waals surface area contributed by atoms with E-state index in [4.69, 9.17) is 0 Å². The topological polar surface area (TPSA) is 55.5 Å². The average Bonchev–Trinajstić information content (AvgIpc) is 2.46. The van der Waals surface area contributed by atoms with E-state index in [1.807, 2.05) is 0 Å². The van der Waals surface area contributed by atoms with Crippen LogP contribution in [0, 0.1) is 15.9 Å². The molecule has 1 heterocycles. The molecule has 0 N–H and O–H groups in total. The van der Waals surface area contributed by atoms with Gasteiger partial charge in [0, 0.05) is 29.8 Å². The van der Waals surface area contributed by atoms with Gasteiger partial charge in [-0.15, -0.1) is 0 Å². The quantitative estimate of drug-likeness (QED) is 0.622. The maximum Gasteiger partial charge on any atom is 0.269 e. The number of hydrogen-bond donors (Lipinski definition) is 0. The Kier molecular flexibility index (Phi) is 3.02. The fraction of sp³-hybridized carbons (Fsp3) is 0.133. The molecule has 5 heteroatoms. The van der Waals surface area contributed by atoms with Crippen LogP contribution in [0.25, 0.3) is 0 Å². The van der Waals surface area contributed by atoms with Crippen molar-refractivity contribution in [1.29, 1.82) is 0 Å². The molecule has 0 radical (unpaired) electrons. The van der Waals surface area contributed by atoms with Gasteiger partial charge in [-0.05, 0) is 36.2 Å². The van der Waals surface area contributed by atoms with Gasteiger partial charge in [-0.25, -0.2) is 4.39 Å². The SMILES string of the molecule is O=[N+]([O-])c1ccc(C2=NCCc3ccc(F)cc32)cc1. The predicted octanol–water partition coefficient (Wildman–Crippen LogP) is 3.13. The van der Waals surface area contributed by atoms with Gasteiger partial charge in [-0.1, -0.05) is 6.07 Å². The minimum atomic E-state index is -0.444. The molecule has 100 valence electrons. The molecule has 0 aliphatic carbocycles. The molecule has 0 bridgehead atoms. The fourth-order valence-corrected chi connectivity index (χ4v) is 2.35. The second kappa shape index (κ2) is 4.85.